The van der Waals surface area contributed by atoms with Gasteiger partial charge in [-0.1, -0.05) is 70.9 Å². The lowest BCUT2D eigenvalue weighted by molar-refractivity contribution is -0.197. The van der Waals surface area contributed by atoms with Gasteiger partial charge in [-0.25, -0.2) is 0 Å². The first kappa shape index (κ1) is 35.1. The summed E-state index contributed by atoms with van der Waals surface area (Å²) < 4.78 is 13.0. The van der Waals surface area contributed by atoms with Crippen molar-refractivity contribution in [2.45, 2.75) is 104 Å². The maximum absolute atomic E-state index is 14.1. The van der Waals surface area contributed by atoms with Gasteiger partial charge in [0.2, 0.25) is 0 Å². The highest BCUT2D eigenvalue weighted by molar-refractivity contribution is 5.90. The van der Waals surface area contributed by atoms with Crippen LogP contribution in [-0.2, 0) is 19.1 Å². The Labute approximate surface area is 290 Å². The number of carboxylic acids is 1. The van der Waals surface area contributed by atoms with Crippen LogP contribution in [0.5, 0.6) is 0 Å². The molecule has 0 amide bonds. The van der Waals surface area contributed by atoms with Crippen molar-refractivity contribution in [2.24, 2.45) is 57.7 Å². The molecular weight excluding hydrogens is 602 g/mol. The third-order valence-electron chi connectivity index (χ3n) is 15.3. The van der Waals surface area contributed by atoms with Crippen LogP contribution in [0.1, 0.15) is 91.9 Å². The van der Waals surface area contributed by atoms with Crippen LogP contribution in [0.3, 0.4) is 0 Å². The Kier molecular flexibility index (Phi) is 10.2. The molecule has 270 valence electrons. The fourth-order valence-electron chi connectivity index (χ4n) is 13.3. The zero-order valence-electron chi connectivity index (χ0n) is 30.5. The molecule has 7 aliphatic rings. The molecule has 0 aromatic rings. The van der Waals surface area contributed by atoms with Gasteiger partial charge in [-0.05, 0) is 74.0 Å². The van der Waals surface area contributed by atoms with Crippen molar-refractivity contribution < 1.29 is 24.2 Å². The molecule has 6 fully saturated rings. The predicted molar refractivity (Wildman–Crippen MR) is 188 cm³/mol. The SMILES string of the molecule is CCOCCN1CCN(CCNC[C@@H]2O[C@@H](C34C[C@@H]5[C@H](C)CC[C@H]5C5(C=O)CC3C=C(C(C)C)[C@]54C(=O)O)C[C@H]2C2CCCCC2)CC1. The molecule has 2 N–H and O–H groups in total. The Morgan fingerprint density at radius 3 is 2.46 bits per heavy atom. The van der Waals surface area contributed by atoms with Crippen LogP contribution in [0.2, 0.25) is 0 Å². The van der Waals surface area contributed by atoms with Gasteiger partial charge in [-0.3, -0.25) is 14.6 Å². The lowest BCUT2D eigenvalue weighted by atomic mass is 9.41. The smallest absolute Gasteiger partial charge is 0.315 e. The Morgan fingerprint density at radius 2 is 1.79 bits per heavy atom. The minimum absolute atomic E-state index is 0.0972. The highest BCUT2D eigenvalue weighted by Crippen LogP contribution is 2.84. The summed E-state index contributed by atoms with van der Waals surface area (Å²) in [6.07, 6.45) is 14.6. The largest absolute Gasteiger partial charge is 0.481 e. The summed E-state index contributed by atoms with van der Waals surface area (Å²) in [4.78, 5) is 32.8. The molecule has 4 bridgehead atoms. The fraction of sp³-hybridized carbons (Fsp3) is 0.900. The van der Waals surface area contributed by atoms with Crippen LogP contribution in [0.25, 0.3) is 0 Å². The van der Waals surface area contributed by atoms with Crippen molar-refractivity contribution in [1.82, 2.24) is 15.1 Å². The normalized spacial score (nSPS) is 43.2. The van der Waals surface area contributed by atoms with E-state index in [1.54, 1.807) is 0 Å². The van der Waals surface area contributed by atoms with E-state index in [-0.39, 0.29) is 30.0 Å². The van der Waals surface area contributed by atoms with E-state index in [2.05, 4.69) is 48.9 Å². The summed E-state index contributed by atoms with van der Waals surface area (Å²) in [5, 5.41) is 15.4. The molecule has 48 heavy (non-hydrogen) atoms. The number of carbonyl (C=O) groups is 2. The third-order valence-corrected chi connectivity index (χ3v) is 15.3. The number of piperazine rings is 1. The van der Waals surface area contributed by atoms with E-state index in [0.717, 1.165) is 96.8 Å². The molecule has 4 saturated carbocycles. The van der Waals surface area contributed by atoms with E-state index < -0.39 is 22.2 Å². The quantitative estimate of drug-likeness (QED) is 0.143. The van der Waals surface area contributed by atoms with Gasteiger partial charge in [0.1, 0.15) is 11.7 Å². The molecule has 0 aromatic heterocycles. The van der Waals surface area contributed by atoms with Crippen molar-refractivity contribution in [3.05, 3.63) is 11.6 Å². The van der Waals surface area contributed by atoms with E-state index in [4.69, 9.17) is 9.47 Å². The zero-order chi connectivity index (χ0) is 33.7. The highest BCUT2D eigenvalue weighted by Gasteiger charge is 2.86. The highest BCUT2D eigenvalue weighted by atomic mass is 16.5. The zero-order valence-corrected chi connectivity index (χ0v) is 30.5. The van der Waals surface area contributed by atoms with Crippen molar-refractivity contribution in [3.8, 4) is 0 Å². The first-order valence-electron chi connectivity index (χ1n) is 20.0. The molecule has 2 saturated heterocycles. The monoisotopic (exact) mass is 667 g/mol. The Balaban J connectivity index is 1.11. The topological polar surface area (TPSA) is 91.3 Å². The maximum atomic E-state index is 14.1. The van der Waals surface area contributed by atoms with Crippen molar-refractivity contribution in [1.29, 1.82) is 0 Å². The number of hydrogen-bond donors (Lipinski definition) is 2. The number of carboxylic acid groups (broad SMARTS) is 1. The van der Waals surface area contributed by atoms with Crippen LogP contribution >= 0.6 is 0 Å². The molecule has 10 atom stereocenters. The van der Waals surface area contributed by atoms with E-state index in [9.17, 15) is 14.7 Å². The van der Waals surface area contributed by atoms with Gasteiger partial charge in [0.25, 0.3) is 0 Å². The number of aldehydes is 1. The standard InChI is InChI=1S/C40H65N3O5/c1-5-47-20-19-43-17-15-42(16-18-43)14-13-41-25-35-31(29-9-7-6-8-10-29)22-36(48-35)39-24-32-28(4)11-12-33(32)38(26-44)23-30(39)21-34(27(2)3)40(38,39)37(45)46/h21,26-33,35-36,41H,5-20,22-25H2,1-4H3,(H,45,46)/t28-,30?,31+,32-,33-,35+,36-,38?,39?,40+/m1/s1. The summed E-state index contributed by atoms with van der Waals surface area (Å²) in [6.45, 7) is 18.6. The molecular formula is C40H65N3O5. The van der Waals surface area contributed by atoms with Gasteiger partial charge in [0.05, 0.1) is 24.2 Å². The van der Waals surface area contributed by atoms with Gasteiger partial charge in [0.15, 0.2) is 0 Å². The molecule has 2 aliphatic heterocycles. The van der Waals surface area contributed by atoms with E-state index >= 15 is 0 Å². The second-order valence-corrected chi connectivity index (χ2v) is 17.4. The van der Waals surface area contributed by atoms with Crippen molar-refractivity contribution in [2.75, 3.05) is 65.6 Å². The summed E-state index contributed by atoms with van der Waals surface area (Å²) in [5.74, 6) is 1.65. The Hall–Kier alpha value is -1.32. The Bertz CT molecular complexity index is 1200. The number of nitrogens with one attached hydrogen (secondary N) is 1. The van der Waals surface area contributed by atoms with E-state index in [1.165, 1.54) is 38.4 Å². The summed E-state index contributed by atoms with van der Waals surface area (Å²) >= 11 is 0. The molecule has 8 heteroatoms. The molecule has 3 unspecified atom stereocenters. The first-order chi connectivity index (χ1) is 23.2. The van der Waals surface area contributed by atoms with Crippen molar-refractivity contribution in [3.63, 3.8) is 0 Å². The number of nitrogens with zero attached hydrogens (tertiary/aromatic N) is 2. The van der Waals surface area contributed by atoms with Gasteiger partial charge < -0.3 is 24.7 Å². The summed E-state index contributed by atoms with van der Waals surface area (Å²) in [6, 6.07) is 0. The Morgan fingerprint density at radius 1 is 1.06 bits per heavy atom. The third kappa shape index (κ3) is 5.31. The van der Waals surface area contributed by atoms with E-state index in [0.29, 0.717) is 30.1 Å². The number of rotatable bonds is 14. The molecule has 8 nitrogen and oxygen atoms in total. The number of fused-ring (bicyclic) bond motifs is 2. The van der Waals surface area contributed by atoms with Crippen LogP contribution in [0, 0.1) is 57.7 Å². The number of carbonyl (C=O) groups excluding carboxylic acids is 1. The number of allylic oxidation sites excluding steroid dienone is 1. The molecule has 5 aliphatic carbocycles. The molecule has 0 spiro atoms. The van der Waals surface area contributed by atoms with Gasteiger partial charge >= 0.3 is 5.97 Å². The lowest BCUT2D eigenvalue weighted by Crippen LogP contribution is -2.65. The predicted octanol–water partition coefficient (Wildman–Crippen LogP) is 5.51. The molecule has 7 rings (SSSR count). The summed E-state index contributed by atoms with van der Waals surface area (Å²) in [5.41, 5.74) is -1.48. The van der Waals surface area contributed by atoms with Gasteiger partial charge in [0, 0.05) is 64.4 Å². The van der Waals surface area contributed by atoms with E-state index in [1.807, 2.05) is 0 Å². The maximum Gasteiger partial charge on any atom is 0.315 e. The van der Waals surface area contributed by atoms with Crippen LogP contribution in [0.15, 0.2) is 11.6 Å². The second kappa shape index (κ2) is 14.0. The number of aliphatic carboxylic acids is 1. The minimum Gasteiger partial charge on any atom is -0.481 e. The van der Waals surface area contributed by atoms with Gasteiger partial charge in [-0.15, -0.1) is 0 Å². The summed E-state index contributed by atoms with van der Waals surface area (Å²) in [7, 11) is 0. The minimum atomic E-state index is -1.15. The lowest BCUT2D eigenvalue weighted by Gasteiger charge is -2.60. The van der Waals surface area contributed by atoms with Crippen LogP contribution < -0.4 is 5.32 Å². The van der Waals surface area contributed by atoms with Gasteiger partial charge in [-0.2, -0.15) is 0 Å². The van der Waals surface area contributed by atoms with Crippen LogP contribution in [0.4, 0.5) is 0 Å². The molecule has 0 radical (unpaired) electrons. The average Bonchev–Trinajstić information content (AvgIpc) is 3.81. The first-order valence-corrected chi connectivity index (χ1v) is 20.0. The molecule has 0 aromatic carbocycles. The average molecular weight is 668 g/mol. The van der Waals surface area contributed by atoms with Crippen LogP contribution in [-0.4, -0.2) is 105 Å². The second-order valence-electron chi connectivity index (χ2n) is 17.4. The number of ether oxygens (including phenoxy) is 2. The molecule has 2 heterocycles. The number of hydrogen-bond acceptors (Lipinski definition) is 7. The fourth-order valence-corrected chi connectivity index (χ4v) is 13.3. The van der Waals surface area contributed by atoms with Crippen molar-refractivity contribution >= 4 is 12.3 Å².